The Morgan fingerprint density at radius 2 is 1.48 bits per heavy atom. The molecule has 3 rings (SSSR count). The molecule has 0 spiro atoms. The van der Waals surface area contributed by atoms with Gasteiger partial charge in [0.1, 0.15) is 0 Å². The number of amides is 1. The van der Waals surface area contributed by atoms with Crippen LogP contribution in [0.15, 0.2) is 73.1 Å². The quantitative estimate of drug-likeness (QED) is 0.772. The van der Waals surface area contributed by atoms with Crippen LogP contribution in [0.5, 0.6) is 0 Å². The normalized spacial score (nSPS) is 11.1. The van der Waals surface area contributed by atoms with Gasteiger partial charge in [-0.2, -0.15) is 0 Å². The van der Waals surface area contributed by atoms with Gasteiger partial charge in [-0.05, 0) is 5.56 Å². The predicted octanol–water partition coefficient (Wildman–Crippen LogP) is 3.85. The molecule has 2 aromatic carbocycles. The summed E-state index contributed by atoms with van der Waals surface area (Å²) >= 11 is 0. The average Bonchev–Trinajstić information content (AvgIpc) is 2.68. The lowest BCUT2D eigenvalue weighted by atomic mass is 9.84. The molecule has 3 aromatic rings. The topological polar surface area (TPSA) is 54.9 Å². The molecule has 0 aliphatic heterocycles. The van der Waals surface area contributed by atoms with Gasteiger partial charge in [0, 0.05) is 29.9 Å². The van der Waals surface area contributed by atoms with Crippen LogP contribution in [0, 0.1) is 0 Å². The van der Waals surface area contributed by atoms with Crippen molar-refractivity contribution in [3.8, 4) is 11.4 Å². The highest BCUT2D eigenvalue weighted by molar-refractivity contribution is 5.93. The third-order valence-electron chi connectivity index (χ3n) is 4.19. The minimum atomic E-state index is -0.163. The lowest BCUT2D eigenvalue weighted by Gasteiger charge is -2.25. The Morgan fingerprint density at radius 1 is 0.920 bits per heavy atom. The van der Waals surface area contributed by atoms with Crippen molar-refractivity contribution in [2.45, 2.75) is 19.3 Å². The van der Waals surface area contributed by atoms with Crippen LogP contribution in [0.2, 0.25) is 0 Å². The van der Waals surface area contributed by atoms with Gasteiger partial charge in [0.15, 0.2) is 5.82 Å². The first kappa shape index (κ1) is 16.8. The Bertz CT molecular complexity index is 828. The van der Waals surface area contributed by atoms with Gasteiger partial charge in [-0.1, -0.05) is 74.5 Å². The van der Waals surface area contributed by atoms with Crippen LogP contribution >= 0.6 is 0 Å². The molecule has 126 valence electrons. The van der Waals surface area contributed by atoms with Crippen molar-refractivity contribution in [3.63, 3.8) is 0 Å². The maximum Gasteiger partial charge on any atom is 0.254 e. The van der Waals surface area contributed by atoms with Gasteiger partial charge in [-0.25, -0.2) is 9.97 Å². The van der Waals surface area contributed by atoms with E-state index >= 15 is 0 Å². The molecule has 1 N–H and O–H groups in total. The Morgan fingerprint density at radius 3 is 2.08 bits per heavy atom. The summed E-state index contributed by atoms with van der Waals surface area (Å²) in [6.45, 7) is 4.76. The van der Waals surface area contributed by atoms with Crippen molar-refractivity contribution in [2.75, 3.05) is 6.54 Å². The zero-order chi connectivity index (χ0) is 17.7. The highest BCUT2D eigenvalue weighted by atomic mass is 16.1. The molecule has 1 aromatic heterocycles. The molecule has 0 aliphatic rings. The summed E-state index contributed by atoms with van der Waals surface area (Å²) in [5, 5.41) is 2.98. The van der Waals surface area contributed by atoms with Crippen LogP contribution in [0.25, 0.3) is 11.4 Å². The van der Waals surface area contributed by atoms with E-state index in [9.17, 15) is 4.79 Å². The van der Waals surface area contributed by atoms with Crippen LogP contribution in [-0.4, -0.2) is 22.4 Å². The van der Waals surface area contributed by atoms with E-state index in [2.05, 4.69) is 41.3 Å². The van der Waals surface area contributed by atoms with Crippen LogP contribution in [0.1, 0.15) is 29.8 Å². The van der Waals surface area contributed by atoms with Gasteiger partial charge in [-0.15, -0.1) is 0 Å². The van der Waals surface area contributed by atoms with Crippen LogP contribution in [-0.2, 0) is 5.41 Å². The molecular weight excluding hydrogens is 310 g/mol. The molecule has 1 amide bonds. The molecule has 0 bridgehead atoms. The van der Waals surface area contributed by atoms with E-state index in [4.69, 9.17) is 0 Å². The van der Waals surface area contributed by atoms with E-state index < -0.39 is 0 Å². The maximum atomic E-state index is 12.4. The van der Waals surface area contributed by atoms with Crippen molar-refractivity contribution in [3.05, 3.63) is 84.2 Å². The average molecular weight is 331 g/mol. The molecule has 0 saturated heterocycles. The Balaban J connectivity index is 1.66. The maximum absolute atomic E-state index is 12.4. The molecule has 0 atom stereocenters. The summed E-state index contributed by atoms with van der Waals surface area (Å²) in [7, 11) is 0. The molecule has 0 aliphatic carbocycles. The predicted molar refractivity (Wildman–Crippen MR) is 99.3 cm³/mol. The van der Waals surface area contributed by atoms with Gasteiger partial charge < -0.3 is 5.32 Å². The SMILES string of the molecule is CC(C)(CNC(=O)c1cnc(-c2ccccc2)nc1)c1ccccc1. The molecule has 0 unspecified atom stereocenters. The first-order valence-corrected chi connectivity index (χ1v) is 8.27. The third-order valence-corrected chi connectivity index (χ3v) is 4.19. The number of rotatable bonds is 5. The fourth-order valence-electron chi connectivity index (χ4n) is 2.58. The number of aromatic nitrogens is 2. The zero-order valence-electron chi connectivity index (χ0n) is 14.4. The number of nitrogens with zero attached hydrogens (tertiary/aromatic N) is 2. The summed E-state index contributed by atoms with van der Waals surface area (Å²) in [5.41, 5.74) is 2.43. The monoisotopic (exact) mass is 331 g/mol. The summed E-state index contributed by atoms with van der Waals surface area (Å²) in [4.78, 5) is 21.0. The van der Waals surface area contributed by atoms with Crippen molar-refractivity contribution in [1.82, 2.24) is 15.3 Å². The number of hydrogen-bond donors (Lipinski definition) is 1. The third kappa shape index (κ3) is 4.10. The van der Waals surface area contributed by atoms with E-state index in [-0.39, 0.29) is 11.3 Å². The van der Waals surface area contributed by atoms with Crippen molar-refractivity contribution in [2.24, 2.45) is 0 Å². The fraction of sp³-hybridized carbons (Fsp3) is 0.190. The molecule has 1 heterocycles. The summed E-state index contributed by atoms with van der Waals surface area (Å²) in [5.74, 6) is 0.449. The smallest absolute Gasteiger partial charge is 0.254 e. The van der Waals surface area contributed by atoms with Crippen molar-refractivity contribution < 1.29 is 4.79 Å². The molecule has 0 saturated carbocycles. The number of carbonyl (C=O) groups is 1. The zero-order valence-corrected chi connectivity index (χ0v) is 14.4. The first-order valence-electron chi connectivity index (χ1n) is 8.27. The lowest BCUT2D eigenvalue weighted by Crippen LogP contribution is -2.36. The van der Waals surface area contributed by atoms with E-state index in [0.29, 0.717) is 17.9 Å². The molecule has 4 nitrogen and oxygen atoms in total. The van der Waals surface area contributed by atoms with Gasteiger partial charge >= 0.3 is 0 Å². The van der Waals surface area contributed by atoms with Crippen LogP contribution < -0.4 is 5.32 Å². The number of nitrogens with one attached hydrogen (secondary N) is 1. The largest absolute Gasteiger partial charge is 0.351 e. The molecule has 0 fully saturated rings. The van der Waals surface area contributed by atoms with Gasteiger partial charge in [-0.3, -0.25) is 4.79 Å². The van der Waals surface area contributed by atoms with Crippen LogP contribution in [0.3, 0.4) is 0 Å². The number of hydrogen-bond acceptors (Lipinski definition) is 3. The molecule has 25 heavy (non-hydrogen) atoms. The second kappa shape index (κ2) is 7.26. The second-order valence-corrected chi connectivity index (χ2v) is 6.59. The van der Waals surface area contributed by atoms with Gasteiger partial charge in [0.05, 0.1) is 5.56 Å². The Labute approximate surface area is 148 Å². The molecule has 0 radical (unpaired) electrons. The van der Waals surface area contributed by atoms with Crippen molar-refractivity contribution in [1.29, 1.82) is 0 Å². The Hall–Kier alpha value is -3.01. The minimum absolute atomic E-state index is 0.151. The summed E-state index contributed by atoms with van der Waals surface area (Å²) in [6, 6.07) is 19.9. The fourth-order valence-corrected chi connectivity index (χ4v) is 2.58. The highest BCUT2D eigenvalue weighted by Crippen LogP contribution is 2.21. The highest BCUT2D eigenvalue weighted by Gasteiger charge is 2.21. The van der Waals surface area contributed by atoms with Gasteiger partial charge in [0.2, 0.25) is 0 Å². The summed E-state index contributed by atoms with van der Waals surface area (Å²) < 4.78 is 0. The Kier molecular flexibility index (Phi) is 4.89. The van der Waals surface area contributed by atoms with Crippen LogP contribution in [0.4, 0.5) is 0 Å². The van der Waals surface area contributed by atoms with E-state index in [1.165, 1.54) is 5.56 Å². The first-order chi connectivity index (χ1) is 12.1. The number of benzene rings is 2. The summed E-state index contributed by atoms with van der Waals surface area (Å²) in [6.07, 6.45) is 3.14. The van der Waals surface area contributed by atoms with Gasteiger partial charge in [0.25, 0.3) is 5.91 Å². The minimum Gasteiger partial charge on any atom is -0.351 e. The second-order valence-electron chi connectivity index (χ2n) is 6.59. The number of carbonyl (C=O) groups excluding carboxylic acids is 1. The van der Waals surface area contributed by atoms with Crippen molar-refractivity contribution >= 4 is 5.91 Å². The van der Waals surface area contributed by atoms with E-state index in [0.717, 1.165) is 5.56 Å². The molecule has 4 heteroatoms. The van der Waals surface area contributed by atoms with E-state index in [1.807, 2.05) is 48.5 Å². The molecular formula is C21H21N3O. The lowest BCUT2D eigenvalue weighted by molar-refractivity contribution is 0.0945. The van der Waals surface area contributed by atoms with E-state index in [1.54, 1.807) is 12.4 Å². The standard InChI is InChI=1S/C21H21N3O/c1-21(2,18-11-7-4-8-12-18)15-24-20(25)17-13-22-19(23-14-17)16-9-5-3-6-10-16/h3-14H,15H2,1-2H3,(H,24,25).